The number of aliphatic carboxylic acids is 1. The number of hydrogen-bond acceptors (Lipinski definition) is 2. The molecule has 1 heterocycles. The molecule has 0 bridgehead atoms. The molecule has 0 aliphatic carbocycles. The average Bonchev–Trinajstić information content (AvgIpc) is 2.34. The molecule has 2 amide bonds. The molecule has 2 N–H and O–H groups in total. The van der Waals surface area contributed by atoms with Gasteiger partial charge < -0.3 is 15.3 Å². The molecule has 0 saturated carbocycles. The van der Waals surface area contributed by atoms with Crippen LogP contribution in [0.25, 0.3) is 0 Å². The SMILES string of the molecule is CC(CNC(=O)N1CC=C(C(C)(C)C)CC1)CC(=O)O. The Kier molecular flexibility index (Phi) is 5.60. The van der Waals surface area contributed by atoms with Gasteiger partial charge in [-0.1, -0.05) is 39.3 Å². The Morgan fingerprint density at radius 2 is 2.10 bits per heavy atom. The summed E-state index contributed by atoms with van der Waals surface area (Å²) in [5.74, 6) is -0.885. The van der Waals surface area contributed by atoms with E-state index < -0.39 is 5.97 Å². The Hall–Kier alpha value is -1.52. The molecular formula is C15H26N2O3. The van der Waals surface area contributed by atoms with Crippen molar-refractivity contribution in [1.82, 2.24) is 10.2 Å². The lowest BCUT2D eigenvalue weighted by Crippen LogP contribution is -2.44. The van der Waals surface area contributed by atoms with Gasteiger partial charge in [0.05, 0.1) is 0 Å². The summed E-state index contributed by atoms with van der Waals surface area (Å²) in [6.07, 6.45) is 3.11. The highest BCUT2D eigenvalue weighted by Gasteiger charge is 2.23. The molecule has 0 fully saturated rings. The number of carbonyl (C=O) groups excluding carboxylic acids is 1. The average molecular weight is 282 g/mol. The number of rotatable bonds is 4. The molecule has 1 aliphatic heterocycles. The maximum Gasteiger partial charge on any atom is 0.317 e. The van der Waals surface area contributed by atoms with Crippen molar-refractivity contribution >= 4 is 12.0 Å². The number of nitrogens with zero attached hydrogens (tertiary/aromatic N) is 1. The fourth-order valence-electron chi connectivity index (χ4n) is 2.28. The minimum Gasteiger partial charge on any atom is -0.481 e. The quantitative estimate of drug-likeness (QED) is 0.778. The van der Waals surface area contributed by atoms with Gasteiger partial charge in [0.1, 0.15) is 0 Å². The number of nitrogens with one attached hydrogen (secondary N) is 1. The van der Waals surface area contributed by atoms with Crippen LogP contribution in [-0.2, 0) is 4.79 Å². The van der Waals surface area contributed by atoms with Crippen molar-refractivity contribution in [2.24, 2.45) is 11.3 Å². The molecule has 20 heavy (non-hydrogen) atoms. The van der Waals surface area contributed by atoms with Gasteiger partial charge in [-0.15, -0.1) is 0 Å². The van der Waals surface area contributed by atoms with Gasteiger partial charge in [-0.3, -0.25) is 4.79 Å². The summed E-state index contributed by atoms with van der Waals surface area (Å²) in [4.78, 5) is 24.3. The Labute approximate surface area is 121 Å². The zero-order chi connectivity index (χ0) is 15.3. The van der Waals surface area contributed by atoms with Crippen molar-refractivity contribution < 1.29 is 14.7 Å². The Morgan fingerprint density at radius 1 is 1.45 bits per heavy atom. The largest absolute Gasteiger partial charge is 0.481 e. The molecule has 0 saturated heterocycles. The molecule has 5 nitrogen and oxygen atoms in total. The number of amides is 2. The van der Waals surface area contributed by atoms with E-state index in [2.05, 4.69) is 32.2 Å². The lowest BCUT2D eigenvalue weighted by atomic mass is 9.83. The highest BCUT2D eigenvalue weighted by atomic mass is 16.4. The van der Waals surface area contributed by atoms with Crippen molar-refractivity contribution in [3.05, 3.63) is 11.6 Å². The van der Waals surface area contributed by atoms with Crippen LogP contribution in [-0.4, -0.2) is 41.6 Å². The lowest BCUT2D eigenvalue weighted by molar-refractivity contribution is -0.137. The van der Waals surface area contributed by atoms with E-state index in [1.807, 2.05) is 6.92 Å². The first kappa shape index (κ1) is 16.5. The van der Waals surface area contributed by atoms with Crippen molar-refractivity contribution in [3.8, 4) is 0 Å². The standard InChI is InChI=1S/C15H26N2O3/c1-11(9-13(18)19)10-16-14(20)17-7-5-12(6-8-17)15(2,3)4/h5,11H,6-10H2,1-4H3,(H,16,20)(H,18,19). The summed E-state index contributed by atoms with van der Waals surface area (Å²) in [6.45, 7) is 10.1. The minimum atomic E-state index is -0.831. The normalized spacial score (nSPS) is 17.4. The van der Waals surface area contributed by atoms with Crippen molar-refractivity contribution in [2.45, 2.75) is 40.5 Å². The zero-order valence-electron chi connectivity index (χ0n) is 12.9. The molecule has 1 atom stereocenters. The maximum absolute atomic E-state index is 12.0. The number of urea groups is 1. The van der Waals surface area contributed by atoms with Gasteiger partial charge in [0.15, 0.2) is 0 Å². The van der Waals surface area contributed by atoms with Crippen molar-refractivity contribution in [3.63, 3.8) is 0 Å². The lowest BCUT2D eigenvalue weighted by Gasteiger charge is -2.32. The van der Waals surface area contributed by atoms with Crippen LogP contribution in [0.5, 0.6) is 0 Å². The van der Waals surface area contributed by atoms with Gasteiger partial charge in [0.2, 0.25) is 0 Å². The maximum atomic E-state index is 12.0. The smallest absolute Gasteiger partial charge is 0.317 e. The molecule has 0 aromatic heterocycles. The van der Waals surface area contributed by atoms with Gasteiger partial charge in [-0.2, -0.15) is 0 Å². The molecule has 1 aliphatic rings. The van der Waals surface area contributed by atoms with Gasteiger partial charge in [-0.25, -0.2) is 4.79 Å². The van der Waals surface area contributed by atoms with Gasteiger partial charge in [0, 0.05) is 26.1 Å². The van der Waals surface area contributed by atoms with Crippen LogP contribution in [0, 0.1) is 11.3 Å². The minimum absolute atomic E-state index is 0.0538. The van der Waals surface area contributed by atoms with E-state index in [1.165, 1.54) is 5.57 Å². The van der Waals surface area contributed by atoms with Gasteiger partial charge >= 0.3 is 12.0 Å². The van der Waals surface area contributed by atoms with E-state index >= 15 is 0 Å². The monoisotopic (exact) mass is 282 g/mol. The summed E-state index contributed by atoms with van der Waals surface area (Å²) in [5, 5.41) is 11.5. The highest BCUT2D eigenvalue weighted by Crippen LogP contribution is 2.29. The fourth-order valence-corrected chi connectivity index (χ4v) is 2.28. The molecule has 0 radical (unpaired) electrons. The molecule has 114 valence electrons. The van der Waals surface area contributed by atoms with Crippen LogP contribution in [0.1, 0.15) is 40.5 Å². The van der Waals surface area contributed by atoms with Crippen LogP contribution in [0.2, 0.25) is 0 Å². The Bertz CT molecular complexity index is 396. The van der Waals surface area contributed by atoms with Crippen LogP contribution in [0.15, 0.2) is 11.6 Å². The Morgan fingerprint density at radius 3 is 2.55 bits per heavy atom. The first-order valence-corrected chi connectivity index (χ1v) is 7.14. The van der Waals surface area contributed by atoms with Crippen molar-refractivity contribution in [1.29, 1.82) is 0 Å². The second-order valence-electron chi connectivity index (χ2n) is 6.56. The number of carbonyl (C=O) groups is 2. The summed E-state index contributed by atoms with van der Waals surface area (Å²) in [7, 11) is 0. The fraction of sp³-hybridized carbons (Fsp3) is 0.733. The molecular weight excluding hydrogens is 256 g/mol. The van der Waals surface area contributed by atoms with Crippen LogP contribution in [0.4, 0.5) is 4.79 Å². The summed E-state index contributed by atoms with van der Waals surface area (Å²) < 4.78 is 0. The summed E-state index contributed by atoms with van der Waals surface area (Å²) in [6, 6.07) is -0.105. The molecule has 1 rings (SSSR count). The van der Waals surface area contributed by atoms with E-state index in [1.54, 1.807) is 4.90 Å². The van der Waals surface area contributed by atoms with E-state index in [4.69, 9.17) is 5.11 Å². The van der Waals surface area contributed by atoms with Crippen LogP contribution >= 0.6 is 0 Å². The van der Waals surface area contributed by atoms with Crippen molar-refractivity contribution in [2.75, 3.05) is 19.6 Å². The Balaban J connectivity index is 2.40. The summed E-state index contributed by atoms with van der Waals surface area (Å²) in [5.41, 5.74) is 1.55. The van der Waals surface area contributed by atoms with E-state index in [0.717, 1.165) is 13.0 Å². The first-order chi connectivity index (χ1) is 9.20. The number of carboxylic acids is 1. The third kappa shape index (κ3) is 5.23. The van der Waals surface area contributed by atoms with Crippen LogP contribution in [0.3, 0.4) is 0 Å². The second kappa shape index (κ2) is 6.77. The van der Waals surface area contributed by atoms with Gasteiger partial charge in [-0.05, 0) is 17.8 Å². The second-order valence-corrected chi connectivity index (χ2v) is 6.56. The third-order valence-electron chi connectivity index (χ3n) is 3.58. The van der Waals surface area contributed by atoms with E-state index in [-0.39, 0.29) is 23.8 Å². The molecule has 5 heteroatoms. The van der Waals surface area contributed by atoms with E-state index in [9.17, 15) is 9.59 Å². The molecule has 0 aromatic carbocycles. The first-order valence-electron chi connectivity index (χ1n) is 7.14. The topological polar surface area (TPSA) is 69.6 Å². The summed E-state index contributed by atoms with van der Waals surface area (Å²) >= 11 is 0. The number of hydrogen-bond donors (Lipinski definition) is 2. The van der Waals surface area contributed by atoms with Gasteiger partial charge in [0.25, 0.3) is 0 Å². The number of carboxylic acid groups (broad SMARTS) is 1. The molecule has 0 spiro atoms. The zero-order valence-corrected chi connectivity index (χ0v) is 12.9. The molecule has 0 aromatic rings. The van der Waals surface area contributed by atoms with E-state index in [0.29, 0.717) is 13.1 Å². The van der Waals surface area contributed by atoms with Crippen LogP contribution < -0.4 is 5.32 Å². The predicted molar refractivity (Wildman–Crippen MR) is 78.5 cm³/mol. The third-order valence-corrected chi connectivity index (χ3v) is 3.58. The molecule has 1 unspecified atom stereocenters. The predicted octanol–water partition coefficient (Wildman–Crippen LogP) is 2.49. The highest BCUT2D eigenvalue weighted by molar-refractivity contribution is 5.74.